The van der Waals surface area contributed by atoms with E-state index in [2.05, 4.69) is 42.2 Å². The maximum absolute atomic E-state index is 14.1. The molecule has 0 saturated carbocycles. The predicted octanol–water partition coefficient (Wildman–Crippen LogP) is -6.91. The molecule has 0 aliphatic carbocycles. The van der Waals surface area contributed by atoms with Gasteiger partial charge in [0.25, 0.3) is 10.9 Å². The van der Waals surface area contributed by atoms with Crippen LogP contribution in [0.2, 0.25) is 0 Å². The van der Waals surface area contributed by atoms with Crippen LogP contribution in [-0.2, 0) is 81.4 Å². The summed E-state index contributed by atoms with van der Waals surface area (Å²) in [4.78, 5) is 228. The maximum Gasteiger partial charge on any atom is 3.00 e. The van der Waals surface area contributed by atoms with Crippen LogP contribution in [0.3, 0.4) is 0 Å². The Hall–Kier alpha value is -7.03. The fourth-order valence-electron chi connectivity index (χ4n) is 12.9. The molecular weight excluding hydrogens is 1810 g/mol. The Morgan fingerprint density at radius 3 is 1.63 bits per heavy atom. The van der Waals surface area contributed by atoms with Crippen molar-refractivity contribution >= 4 is 139 Å². The van der Waals surface area contributed by atoms with Crippen LogP contribution in [0.25, 0.3) is 0 Å². The number of amides is 5. The molecule has 2 aliphatic heterocycles. The summed E-state index contributed by atoms with van der Waals surface area (Å²) in [5, 5.41) is 94.8. The predicted molar refractivity (Wildman–Crippen MR) is 444 cm³/mol. The first-order valence-electron chi connectivity index (χ1n) is 40.0. The van der Waals surface area contributed by atoms with E-state index in [9.17, 15) is 117 Å². The molecular formula is C76H125GdN15O27S3-. The molecule has 0 spiro atoms. The third-order valence-electron chi connectivity index (χ3n) is 19.9. The van der Waals surface area contributed by atoms with Gasteiger partial charge in [-0.2, -0.15) is 11.8 Å². The smallest absolute Gasteiger partial charge is 0.870 e. The number of aliphatic imine (C=N–C) groups is 1. The molecule has 3 unspecified atom stereocenters. The molecule has 2 fully saturated rings. The Morgan fingerprint density at radius 2 is 1.12 bits per heavy atom. The van der Waals surface area contributed by atoms with E-state index in [-0.39, 0.29) is 255 Å². The SMILES string of the molecule is CNC(=O)COCCOCCNc1c(NCCCC(C(=O)[O-])N2CCN(CC=O)CCN(CC(=O)[O-])CCN(CC(=O)[O-])CC2)c(=O)c1=O.CSCC[C@@H]1CC(=O)[C@@H](C)CSSC[C@@H](C(=O)O)NC(=O)[C@H](CC(C)C)CC(=O)C(CCCN=C(N)N)NC(=O)[C@H]([C@@H](C)O)CC(=O)C(CC(=O)O)NC(=O)[C@H]([C@@H](C)O)CC(=O)[C@H](CCCCN)NC1=O.[Gd+3].[OH-]. The van der Waals surface area contributed by atoms with Crippen LogP contribution in [0.5, 0.6) is 0 Å². The number of carboxylic acids is 5. The number of thioether (sulfide) groups is 1. The second-order valence-electron chi connectivity index (χ2n) is 29.9. The van der Waals surface area contributed by atoms with Gasteiger partial charge < -0.3 is 124 Å². The quantitative estimate of drug-likeness (QED) is 0.00725. The van der Waals surface area contributed by atoms with Crippen molar-refractivity contribution in [2.75, 3.05) is 166 Å². The minimum absolute atomic E-state index is 0. The van der Waals surface area contributed by atoms with Crippen LogP contribution >= 0.6 is 33.3 Å². The molecule has 46 heteroatoms. The van der Waals surface area contributed by atoms with Crippen LogP contribution in [0.4, 0.5) is 11.4 Å². The van der Waals surface area contributed by atoms with Crippen LogP contribution in [0.1, 0.15) is 125 Å². The van der Waals surface area contributed by atoms with Crippen molar-refractivity contribution in [1.82, 2.24) is 46.2 Å². The summed E-state index contributed by atoms with van der Waals surface area (Å²) in [5.41, 5.74) is 15.4. The number of aliphatic carboxylic acids is 5. The third kappa shape index (κ3) is 46.3. The van der Waals surface area contributed by atoms with Crippen LogP contribution in [0.15, 0.2) is 14.6 Å². The second kappa shape index (κ2) is 63.8. The third-order valence-corrected chi connectivity index (χ3v) is 23.1. The van der Waals surface area contributed by atoms with Crippen LogP contribution < -0.4 is 80.6 Å². The number of aldehydes is 1. The summed E-state index contributed by atoms with van der Waals surface area (Å²) in [6.45, 7) is 9.75. The average Bonchev–Trinajstić information content (AvgIpc) is 0.784. The van der Waals surface area contributed by atoms with Gasteiger partial charge in [-0.1, -0.05) is 42.4 Å². The molecule has 42 nitrogen and oxygen atoms in total. The van der Waals surface area contributed by atoms with Crippen molar-refractivity contribution in [2.24, 2.45) is 57.7 Å². The van der Waals surface area contributed by atoms with Gasteiger partial charge in [-0.25, -0.2) is 4.79 Å². The van der Waals surface area contributed by atoms with Gasteiger partial charge in [-0.15, -0.1) is 0 Å². The Balaban J connectivity index is 0.00000251. The summed E-state index contributed by atoms with van der Waals surface area (Å²) in [7, 11) is 3.80. The first-order chi connectivity index (χ1) is 56.8. The minimum atomic E-state index is -1.84. The van der Waals surface area contributed by atoms with Gasteiger partial charge in [0, 0.05) is 153 Å². The van der Waals surface area contributed by atoms with Crippen molar-refractivity contribution in [1.29, 1.82) is 0 Å². The summed E-state index contributed by atoms with van der Waals surface area (Å²) in [5.74, 6) is -18.7. The number of aliphatic hydroxyl groups is 2. The van der Waals surface area contributed by atoms with E-state index < -0.39 is 186 Å². The zero-order valence-corrected chi connectivity index (χ0v) is 75.0. The zero-order valence-electron chi connectivity index (χ0n) is 70.3. The van der Waals surface area contributed by atoms with E-state index in [1.54, 1.807) is 35.5 Å². The molecule has 3 rings (SSSR count). The molecule has 1 aromatic rings. The van der Waals surface area contributed by atoms with E-state index in [0.29, 0.717) is 31.4 Å². The normalized spacial score (nSPS) is 22.4. The number of likely N-dealkylation sites (N-methyl/N-ethyl adjacent to an activating group) is 1. The number of nitrogens with zero attached hydrogens (tertiary/aromatic N) is 5. The van der Waals surface area contributed by atoms with Gasteiger partial charge in [0.15, 0.2) is 23.3 Å². The number of ether oxygens (including phenoxy) is 2. The Bertz CT molecular complexity index is 3580. The van der Waals surface area contributed by atoms with E-state index >= 15 is 0 Å². The molecule has 2 aliphatic rings. The van der Waals surface area contributed by atoms with E-state index in [1.165, 1.54) is 48.4 Å². The average molecular weight is 1930 g/mol. The first kappa shape index (κ1) is 115. The topological polar surface area (TPSA) is 676 Å². The number of unbranched alkanes of at least 4 members (excludes halogenated alkanes) is 1. The first-order valence-corrected chi connectivity index (χ1v) is 43.9. The molecule has 12 atom stereocenters. The largest absolute Gasteiger partial charge is 3.00 e. The number of nitrogens with two attached hydrogens (primary N) is 3. The van der Waals surface area contributed by atoms with E-state index in [4.69, 9.17) is 26.7 Å². The van der Waals surface area contributed by atoms with Gasteiger partial charge in [-0.3, -0.25) is 82.1 Å². The summed E-state index contributed by atoms with van der Waals surface area (Å²) >= 11 is 1.45. The molecule has 0 bridgehead atoms. The number of carboxylic acid groups (broad SMARTS) is 5. The standard InChI is InChI=1S/C46H78N8O14S3.C30H49N7O12.Gd.H2O/c1-24(2)16-29-18-37(58)33(11-9-14-50-46(48)49)52-43(65)31(27(5)56)20-39(60)34(21-40(61)62)53-44(66)30(26(4)55)19-38(59)32(10-7-8-13-47)51-41(63)28(12-15-69-6)17-36(57)25(3)22-70-71-23-35(45(67)68)54-42(29)64;1-31-23(39)21-49-18-17-48-16-5-33-27-26(28(44)29(27)45)32-4-2-3-22(30(46)47)37-12-10-34(14-15-38)6-7-35(19-24(40)41)8-9-36(11-13-37)20-25(42)43;;/h24-35,55-56H,7-23,47H2,1-6H3,(H,51,63)(H,52,65)(H,53,66)(H,54,64)(H,61,62)(H,67,68)(H4,48,49,50);15,22,32-33H,2-14,16-21H2,1H3,(H,31,39)(H,40,41)(H,42,43)(H,46,47);;1H2/q;;+3;/p-4/t25-,26+,27+,28+,29+,30-,31-,32-,33?,34?,35-;;;/m0.../s1. The molecule has 5 amide bonds. The number of Topliss-reactive ketones (excluding diaryl/α,β-unsaturated/α-hetero) is 4. The number of hydrogen-bond acceptors (Lipinski definition) is 36. The van der Waals surface area contributed by atoms with Gasteiger partial charge in [0.2, 0.25) is 29.5 Å². The van der Waals surface area contributed by atoms with Crippen molar-refractivity contribution in [3.63, 3.8) is 0 Å². The molecule has 1 radical (unpaired) electrons. The number of carbonyl (C=O) groups excluding carboxylic acids is 13. The number of hydrogen-bond donors (Lipinski definition) is 14. The monoisotopic (exact) mass is 1930 g/mol. The molecule has 2 heterocycles. The molecule has 693 valence electrons. The molecule has 18 N–H and O–H groups in total. The maximum atomic E-state index is 14.1. The van der Waals surface area contributed by atoms with E-state index in [1.807, 2.05) is 6.26 Å². The number of ketones is 4. The molecule has 2 saturated heterocycles. The Morgan fingerprint density at radius 1 is 0.631 bits per heavy atom. The van der Waals surface area contributed by atoms with E-state index in [0.717, 1.165) is 10.8 Å². The number of carbonyl (C=O) groups is 15. The number of anilines is 2. The van der Waals surface area contributed by atoms with Crippen LogP contribution in [0, 0.1) is 75.4 Å². The van der Waals surface area contributed by atoms with Gasteiger partial charge in [0.1, 0.15) is 36.1 Å². The molecule has 0 aromatic heterocycles. The number of rotatable bonds is 40. The Labute approximate surface area is 753 Å². The fraction of sp³-hybridized carbons (Fsp3) is 0.737. The van der Waals surface area contributed by atoms with Crippen LogP contribution in [-0.4, -0.2) is 338 Å². The van der Waals surface area contributed by atoms with Gasteiger partial charge in [-0.05, 0) is 96.1 Å². The number of nitrogens with one attached hydrogen (secondary N) is 7. The van der Waals surface area contributed by atoms with Crippen molar-refractivity contribution in [3.8, 4) is 0 Å². The molecule has 122 heavy (non-hydrogen) atoms. The van der Waals surface area contributed by atoms with Crippen molar-refractivity contribution < 1.29 is 163 Å². The fourth-order valence-corrected chi connectivity index (χ4v) is 16.0. The summed E-state index contributed by atoms with van der Waals surface area (Å²) in [6, 6.07) is -6.87. The van der Waals surface area contributed by atoms with Crippen molar-refractivity contribution in [2.45, 2.75) is 167 Å². The zero-order chi connectivity index (χ0) is 90.1. The second-order valence-corrected chi connectivity index (χ2v) is 33.5. The number of guanidine groups is 1. The van der Waals surface area contributed by atoms with Gasteiger partial charge in [0.05, 0.1) is 92.9 Å². The van der Waals surface area contributed by atoms with Crippen molar-refractivity contribution in [3.05, 3.63) is 20.4 Å². The number of aliphatic hydroxyl groups excluding tert-OH is 2. The van der Waals surface area contributed by atoms with Gasteiger partial charge >= 0.3 is 51.9 Å². The minimum Gasteiger partial charge on any atom is -0.870 e. The molecule has 1 aromatic carbocycles. The summed E-state index contributed by atoms with van der Waals surface area (Å²) < 4.78 is 10.5. The summed E-state index contributed by atoms with van der Waals surface area (Å²) in [6.07, 6.45) is -1.99. The Kier molecular flexibility index (Phi) is 60.1.